The highest BCUT2D eigenvalue weighted by atomic mass is 16.3. The third-order valence-electron chi connectivity index (χ3n) is 4.12. The van der Waals surface area contributed by atoms with Gasteiger partial charge in [-0.1, -0.05) is 0 Å². The largest absolute Gasteiger partial charge is 0.393 e. The van der Waals surface area contributed by atoms with Crippen molar-refractivity contribution in [3.8, 4) is 0 Å². The van der Waals surface area contributed by atoms with Crippen LogP contribution in [0.5, 0.6) is 0 Å². The molecule has 0 aromatic carbocycles. The smallest absolute Gasteiger partial charge is 0.274 e. The standard InChI is InChI=1S/C14H17N7O3/c22-7-12(23)11-4-10-6-19(1-2-20(10)18-11)5-9-3-13(24)21-14(17-9)15-8-16-21/h3-4,8,12,22-23H,1-2,5-7H2,(H,15,16,17)/t12-/m0/s1. The van der Waals surface area contributed by atoms with Crippen LogP contribution in [-0.2, 0) is 19.6 Å². The van der Waals surface area contributed by atoms with Crippen LogP contribution in [0.2, 0.25) is 0 Å². The minimum atomic E-state index is -0.958. The van der Waals surface area contributed by atoms with Gasteiger partial charge in [0, 0.05) is 25.7 Å². The molecule has 10 heteroatoms. The maximum atomic E-state index is 12.0. The Kier molecular flexibility index (Phi) is 3.63. The lowest BCUT2D eigenvalue weighted by atomic mass is 10.2. The highest BCUT2D eigenvalue weighted by Crippen LogP contribution is 2.19. The predicted octanol–water partition coefficient (Wildman–Crippen LogP) is -1.34. The molecule has 0 saturated heterocycles. The lowest BCUT2D eigenvalue weighted by molar-refractivity contribution is 0.0915. The second kappa shape index (κ2) is 5.82. The van der Waals surface area contributed by atoms with Crippen molar-refractivity contribution in [1.29, 1.82) is 0 Å². The monoisotopic (exact) mass is 331 g/mol. The number of hydrogen-bond acceptors (Lipinski definition) is 7. The normalized spacial score (nSPS) is 16.4. The quantitative estimate of drug-likeness (QED) is 0.540. The van der Waals surface area contributed by atoms with Gasteiger partial charge in [-0.2, -0.15) is 9.61 Å². The van der Waals surface area contributed by atoms with Gasteiger partial charge in [-0.25, -0.2) is 9.97 Å². The molecule has 0 aliphatic carbocycles. The first-order valence-electron chi connectivity index (χ1n) is 7.64. The Morgan fingerprint density at radius 2 is 2.21 bits per heavy atom. The molecule has 126 valence electrons. The summed E-state index contributed by atoms with van der Waals surface area (Å²) in [6, 6.07) is 3.30. The van der Waals surface area contributed by atoms with Gasteiger partial charge in [0.25, 0.3) is 11.3 Å². The van der Waals surface area contributed by atoms with E-state index in [0.717, 1.165) is 12.2 Å². The van der Waals surface area contributed by atoms with E-state index in [1.807, 2.05) is 4.68 Å². The molecule has 0 bridgehead atoms. The number of rotatable bonds is 4. The van der Waals surface area contributed by atoms with Crippen LogP contribution in [0.15, 0.2) is 23.3 Å². The summed E-state index contributed by atoms with van der Waals surface area (Å²) in [6.07, 6.45) is 0.473. The van der Waals surface area contributed by atoms with Gasteiger partial charge < -0.3 is 10.2 Å². The van der Waals surface area contributed by atoms with Gasteiger partial charge in [-0.15, -0.1) is 0 Å². The van der Waals surface area contributed by atoms with E-state index >= 15 is 0 Å². The minimum Gasteiger partial charge on any atom is -0.393 e. The molecule has 3 N–H and O–H groups in total. The van der Waals surface area contributed by atoms with Gasteiger partial charge in [-0.05, 0) is 6.07 Å². The molecule has 3 aromatic rings. The highest BCUT2D eigenvalue weighted by molar-refractivity contribution is 5.26. The van der Waals surface area contributed by atoms with Crippen molar-refractivity contribution >= 4 is 5.78 Å². The third-order valence-corrected chi connectivity index (χ3v) is 4.12. The molecule has 24 heavy (non-hydrogen) atoms. The Bertz CT molecular complexity index is 928. The van der Waals surface area contributed by atoms with Crippen LogP contribution < -0.4 is 5.56 Å². The SMILES string of the molecule is O=c1cc(CN2CCn3nc([C@@H](O)CO)cc3C2)nc2nc[nH]n12. The molecule has 1 aliphatic rings. The fraction of sp³-hybridized carbons (Fsp3) is 0.429. The van der Waals surface area contributed by atoms with Crippen molar-refractivity contribution in [1.82, 2.24) is 34.3 Å². The van der Waals surface area contributed by atoms with Crippen LogP contribution in [0.25, 0.3) is 5.78 Å². The van der Waals surface area contributed by atoms with Crippen LogP contribution in [0.3, 0.4) is 0 Å². The first kappa shape index (κ1) is 15.0. The van der Waals surface area contributed by atoms with Crippen molar-refractivity contribution in [2.45, 2.75) is 25.7 Å². The summed E-state index contributed by atoms with van der Waals surface area (Å²) in [6.45, 7) is 2.24. The van der Waals surface area contributed by atoms with Crippen LogP contribution >= 0.6 is 0 Å². The lowest BCUT2D eigenvalue weighted by Crippen LogP contribution is -2.34. The van der Waals surface area contributed by atoms with Gasteiger partial charge in [0.1, 0.15) is 12.4 Å². The Hall–Kier alpha value is -2.56. The zero-order valence-electron chi connectivity index (χ0n) is 12.8. The van der Waals surface area contributed by atoms with E-state index in [1.165, 1.54) is 16.9 Å². The number of H-pyrrole nitrogens is 1. The van der Waals surface area contributed by atoms with E-state index in [1.54, 1.807) is 6.07 Å². The van der Waals surface area contributed by atoms with Crippen molar-refractivity contribution in [2.75, 3.05) is 13.2 Å². The number of nitrogens with zero attached hydrogens (tertiary/aromatic N) is 6. The van der Waals surface area contributed by atoms with Crippen LogP contribution in [0, 0.1) is 0 Å². The van der Waals surface area contributed by atoms with Crippen LogP contribution in [0.1, 0.15) is 23.2 Å². The molecule has 0 spiro atoms. The zero-order chi connectivity index (χ0) is 16.7. The summed E-state index contributed by atoms with van der Waals surface area (Å²) in [4.78, 5) is 22.5. The second-order valence-corrected chi connectivity index (χ2v) is 5.80. The molecule has 4 rings (SSSR count). The number of aromatic nitrogens is 6. The number of aromatic amines is 1. The fourth-order valence-corrected chi connectivity index (χ4v) is 2.91. The maximum absolute atomic E-state index is 12.0. The molecule has 1 atom stereocenters. The molecule has 1 aliphatic heterocycles. The van der Waals surface area contributed by atoms with Gasteiger partial charge in [0.2, 0.25) is 0 Å². The molecule has 10 nitrogen and oxygen atoms in total. The van der Waals surface area contributed by atoms with Crippen molar-refractivity contribution < 1.29 is 10.2 Å². The summed E-state index contributed by atoms with van der Waals surface area (Å²) < 4.78 is 3.13. The van der Waals surface area contributed by atoms with E-state index < -0.39 is 6.10 Å². The lowest BCUT2D eigenvalue weighted by Gasteiger charge is -2.26. The minimum absolute atomic E-state index is 0.192. The third kappa shape index (κ3) is 2.60. The summed E-state index contributed by atoms with van der Waals surface area (Å²) >= 11 is 0. The average Bonchev–Trinajstić information content (AvgIpc) is 3.20. The molecule has 3 aromatic heterocycles. The van der Waals surface area contributed by atoms with E-state index in [0.29, 0.717) is 36.8 Å². The van der Waals surface area contributed by atoms with Crippen molar-refractivity contribution in [3.63, 3.8) is 0 Å². The summed E-state index contributed by atoms with van der Waals surface area (Å²) in [5, 5.41) is 25.7. The topological polar surface area (TPSA) is 125 Å². The molecular formula is C14H17N7O3. The van der Waals surface area contributed by atoms with Crippen LogP contribution in [-0.4, -0.2) is 57.6 Å². The molecule has 0 saturated carbocycles. The summed E-state index contributed by atoms with van der Waals surface area (Å²) in [5.74, 6) is 0.355. The first-order chi connectivity index (χ1) is 11.6. The van der Waals surface area contributed by atoms with Crippen molar-refractivity contribution in [3.05, 3.63) is 45.9 Å². The second-order valence-electron chi connectivity index (χ2n) is 5.80. The first-order valence-corrected chi connectivity index (χ1v) is 7.64. The predicted molar refractivity (Wildman–Crippen MR) is 82.0 cm³/mol. The molecule has 0 unspecified atom stereocenters. The Labute approximate surface area is 136 Å². The van der Waals surface area contributed by atoms with Gasteiger partial charge in [0.05, 0.1) is 30.2 Å². The molecular weight excluding hydrogens is 314 g/mol. The van der Waals surface area contributed by atoms with E-state index in [4.69, 9.17) is 5.11 Å². The molecule has 4 heterocycles. The molecule has 0 radical (unpaired) electrons. The van der Waals surface area contributed by atoms with E-state index in [9.17, 15) is 9.90 Å². The zero-order valence-corrected chi connectivity index (χ0v) is 12.8. The van der Waals surface area contributed by atoms with Crippen LogP contribution in [0.4, 0.5) is 0 Å². The summed E-state index contributed by atoms with van der Waals surface area (Å²) in [7, 11) is 0. The number of aliphatic hydroxyl groups is 2. The Morgan fingerprint density at radius 1 is 1.33 bits per heavy atom. The fourth-order valence-electron chi connectivity index (χ4n) is 2.91. The number of hydrogen-bond donors (Lipinski definition) is 3. The summed E-state index contributed by atoms with van der Waals surface area (Å²) in [5.41, 5.74) is 1.91. The number of fused-ring (bicyclic) bond motifs is 2. The van der Waals surface area contributed by atoms with E-state index in [2.05, 4.69) is 25.1 Å². The number of aliphatic hydroxyl groups excluding tert-OH is 2. The number of nitrogens with one attached hydrogen (secondary N) is 1. The Morgan fingerprint density at radius 3 is 3.04 bits per heavy atom. The van der Waals surface area contributed by atoms with Gasteiger partial charge in [0.15, 0.2) is 0 Å². The average molecular weight is 331 g/mol. The van der Waals surface area contributed by atoms with Crippen molar-refractivity contribution in [2.24, 2.45) is 0 Å². The molecule has 0 fully saturated rings. The Balaban J connectivity index is 1.53. The van der Waals surface area contributed by atoms with Gasteiger partial charge >= 0.3 is 0 Å². The maximum Gasteiger partial charge on any atom is 0.274 e. The highest BCUT2D eigenvalue weighted by Gasteiger charge is 2.21. The van der Waals surface area contributed by atoms with E-state index in [-0.39, 0.29) is 12.2 Å². The molecule has 0 amide bonds. The van der Waals surface area contributed by atoms with Gasteiger partial charge in [-0.3, -0.25) is 19.5 Å².